The lowest BCUT2D eigenvalue weighted by Gasteiger charge is -2.28. The highest BCUT2D eigenvalue weighted by Gasteiger charge is 2.34. The minimum Gasteiger partial charge on any atom is -0.382 e. The summed E-state index contributed by atoms with van der Waals surface area (Å²) in [7, 11) is 1.60. The molecule has 2 amide bonds. The van der Waals surface area contributed by atoms with E-state index in [2.05, 4.69) is 29.8 Å². The zero-order valence-corrected chi connectivity index (χ0v) is 11.9. The molecule has 1 unspecified atom stereocenters. The molecule has 4 nitrogen and oxygen atoms in total. The summed E-state index contributed by atoms with van der Waals surface area (Å²) < 4.78 is 0. The minimum atomic E-state index is -0.197. The first kappa shape index (κ1) is 13.7. The van der Waals surface area contributed by atoms with Gasteiger partial charge in [-0.25, -0.2) is 4.79 Å². The lowest BCUT2D eigenvalue weighted by atomic mass is 9.87. The van der Waals surface area contributed by atoms with E-state index in [1.54, 1.807) is 7.05 Å². The number of carbonyl (C=O) groups excluding carboxylic acids is 1. The summed E-state index contributed by atoms with van der Waals surface area (Å²) in [4.78, 5) is 11.2. The Labute approximate surface area is 115 Å². The molecule has 1 atom stereocenters. The number of benzene rings is 1. The fourth-order valence-corrected chi connectivity index (χ4v) is 2.64. The van der Waals surface area contributed by atoms with Gasteiger partial charge in [0.15, 0.2) is 0 Å². The second-order valence-electron chi connectivity index (χ2n) is 5.86. The monoisotopic (exact) mass is 261 g/mol. The third-order valence-corrected chi connectivity index (χ3v) is 3.97. The van der Waals surface area contributed by atoms with Gasteiger partial charge in [0.2, 0.25) is 0 Å². The van der Waals surface area contributed by atoms with Crippen LogP contribution in [0.3, 0.4) is 0 Å². The second-order valence-corrected chi connectivity index (χ2v) is 5.86. The number of hydrogen-bond donors (Lipinski definition) is 3. The van der Waals surface area contributed by atoms with Gasteiger partial charge in [-0.05, 0) is 42.5 Å². The topological polar surface area (TPSA) is 53.2 Å². The molecule has 0 aromatic heterocycles. The normalized spacial score (nSPS) is 20.9. The molecule has 0 aliphatic heterocycles. The number of urea groups is 1. The van der Waals surface area contributed by atoms with E-state index in [4.69, 9.17) is 0 Å². The molecular weight excluding hydrogens is 238 g/mol. The standard InChI is InChI=1S/C15H23N3O/c1-15(2)10-4-5-13(15)17-11-6-8-12(9-7-11)18-14(19)16-3/h6-9,13,17H,4-5,10H2,1-3H3,(H2,16,18,19). The maximum absolute atomic E-state index is 11.2. The molecular formula is C15H23N3O. The van der Waals surface area contributed by atoms with Gasteiger partial charge in [-0.2, -0.15) is 0 Å². The van der Waals surface area contributed by atoms with Crippen LogP contribution in [-0.2, 0) is 0 Å². The predicted octanol–water partition coefficient (Wildman–Crippen LogP) is 3.43. The quantitative estimate of drug-likeness (QED) is 0.780. The van der Waals surface area contributed by atoms with Crippen LogP contribution in [0.5, 0.6) is 0 Å². The minimum absolute atomic E-state index is 0.197. The average Bonchev–Trinajstić information content (AvgIpc) is 2.71. The molecule has 19 heavy (non-hydrogen) atoms. The Balaban J connectivity index is 1.97. The number of nitrogens with one attached hydrogen (secondary N) is 3. The lowest BCUT2D eigenvalue weighted by Crippen LogP contribution is -2.30. The van der Waals surface area contributed by atoms with Crippen LogP contribution < -0.4 is 16.0 Å². The fourth-order valence-electron chi connectivity index (χ4n) is 2.64. The Hall–Kier alpha value is -1.71. The summed E-state index contributed by atoms with van der Waals surface area (Å²) in [6.07, 6.45) is 3.80. The van der Waals surface area contributed by atoms with Crippen LogP contribution in [0.15, 0.2) is 24.3 Å². The van der Waals surface area contributed by atoms with Gasteiger partial charge in [0.05, 0.1) is 0 Å². The number of hydrogen-bond acceptors (Lipinski definition) is 2. The maximum atomic E-state index is 11.2. The van der Waals surface area contributed by atoms with Gasteiger partial charge in [0, 0.05) is 24.5 Å². The third-order valence-electron chi connectivity index (χ3n) is 3.97. The fraction of sp³-hybridized carbons (Fsp3) is 0.533. The number of carbonyl (C=O) groups is 1. The van der Waals surface area contributed by atoms with Crippen molar-refractivity contribution in [3.05, 3.63) is 24.3 Å². The van der Waals surface area contributed by atoms with Gasteiger partial charge in [-0.15, -0.1) is 0 Å². The summed E-state index contributed by atoms with van der Waals surface area (Å²) in [5.74, 6) is 0. The van der Waals surface area contributed by atoms with Crippen LogP contribution in [0.2, 0.25) is 0 Å². The van der Waals surface area contributed by atoms with E-state index < -0.39 is 0 Å². The third kappa shape index (κ3) is 3.40. The van der Waals surface area contributed by atoms with E-state index in [9.17, 15) is 4.79 Å². The average molecular weight is 261 g/mol. The van der Waals surface area contributed by atoms with Crippen molar-refractivity contribution in [1.82, 2.24) is 5.32 Å². The summed E-state index contributed by atoms with van der Waals surface area (Å²) >= 11 is 0. The number of amides is 2. The van der Waals surface area contributed by atoms with Crippen LogP contribution >= 0.6 is 0 Å². The van der Waals surface area contributed by atoms with E-state index >= 15 is 0 Å². The van der Waals surface area contributed by atoms with E-state index in [1.165, 1.54) is 19.3 Å². The Bertz CT molecular complexity index is 439. The molecule has 3 N–H and O–H groups in total. The van der Waals surface area contributed by atoms with Crippen molar-refractivity contribution in [2.75, 3.05) is 17.7 Å². The first-order valence-corrected chi connectivity index (χ1v) is 6.86. The summed E-state index contributed by atoms with van der Waals surface area (Å²) in [5, 5.41) is 8.88. The van der Waals surface area contributed by atoms with E-state index in [-0.39, 0.29) is 6.03 Å². The number of anilines is 2. The van der Waals surface area contributed by atoms with Gasteiger partial charge in [-0.1, -0.05) is 20.3 Å². The molecule has 1 aromatic carbocycles. The summed E-state index contributed by atoms with van der Waals surface area (Å²) in [5.41, 5.74) is 2.27. The van der Waals surface area contributed by atoms with Crippen LogP contribution in [0.25, 0.3) is 0 Å². The van der Waals surface area contributed by atoms with Crippen LogP contribution in [0.1, 0.15) is 33.1 Å². The molecule has 0 heterocycles. The molecule has 0 radical (unpaired) electrons. The molecule has 1 saturated carbocycles. The largest absolute Gasteiger partial charge is 0.382 e. The molecule has 0 saturated heterocycles. The maximum Gasteiger partial charge on any atom is 0.318 e. The Kier molecular flexibility index (Phi) is 3.98. The summed E-state index contributed by atoms with van der Waals surface area (Å²) in [6.45, 7) is 4.64. The van der Waals surface area contributed by atoms with Gasteiger partial charge in [0.1, 0.15) is 0 Å². The Morgan fingerprint density at radius 3 is 2.37 bits per heavy atom. The molecule has 1 aliphatic carbocycles. The highest BCUT2D eigenvalue weighted by atomic mass is 16.2. The van der Waals surface area contributed by atoms with Crippen LogP contribution in [0, 0.1) is 5.41 Å². The highest BCUT2D eigenvalue weighted by Crippen LogP contribution is 2.39. The first-order valence-electron chi connectivity index (χ1n) is 6.86. The van der Waals surface area contributed by atoms with Crippen molar-refractivity contribution in [3.8, 4) is 0 Å². The van der Waals surface area contributed by atoms with Gasteiger partial charge >= 0.3 is 6.03 Å². The van der Waals surface area contributed by atoms with Crippen molar-refractivity contribution in [1.29, 1.82) is 0 Å². The van der Waals surface area contributed by atoms with E-state index in [0.717, 1.165) is 11.4 Å². The van der Waals surface area contributed by atoms with Gasteiger partial charge < -0.3 is 16.0 Å². The molecule has 1 fully saturated rings. The Morgan fingerprint density at radius 2 is 1.84 bits per heavy atom. The van der Waals surface area contributed by atoms with Crippen molar-refractivity contribution in [2.45, 2.75) is 39.2 Å². The zero-order valence-electron chi connectivity index (χ0n) is 11.9. The lowest BCUT2D eigenvalue weighted by molar-refractivity contribution is 0.254. The molecule has 2 rings (SSSR count). The van der Waals surface area contributed by atoms with Crippen molar-refractivity contribution in [2.24, 2.45) is 5.41 Å². The van der Waals surface area contributed by atoms with Crippen LogP contribution in [0.4, 0.5) is 16.2 Å². The SMILES string of the molecule is CNC(=O)Nc1ccc(NC2CCCC2(C)C)cc1. The van der Waals surface area contributed by atoms with Crippen LogP contribution in [-0.4, -0.2) is 19.1 Å². The number of rotatable bonds is 3. The first-order chi connectivity index (χ1) is 9.01. The molecule has 4 heteroatoms. The molecule has 104 valence electrons. The highest BCUT2D eigenvalue weighted by molar-refractivity contribution is 5.89. The molecule has 1 aromatic rings. The van der Waals surface area contributed by atoms with Crippen molar-refractivity contribution < 1.29 is 4.79 Å². The van der Waals surface area contributed by atoms with Crippen molar-refractivity contribution in [3.63, 3.8) is 0 Å². The zero-order chi connectivity index (χ0) is 13.9. The molecule has 0 spiro atoms. The van der Waals surface area contributed by atoms with Gasteiger partial charge in [0.25, 0.3) is 0 Å². The second kappa shape index (κ2) is 5.51. The summed E-state index contributed by atoms with van der Waals surface area (Å²) in [6, 6.07) is 8.20. The van der Waals surface area contributed by atoms with Crippen molar-refractivity contribution >= 4 is 17.4 Å². The molecule has 1 aliphatic rings. The van der Waals surface area contributed by atoms with E-state index in [1.807, 2.05) is 24.3 Å². The smallest absolute Gasteiger partial charge is 0.318 e. The molecule has 0 bridgehead atoms. The van der Waals surface area contributed by atoms with Gasteiger partial charge in [-0.3, -0.25) is 0 Å². The van der Waals surface area contributed by atoms with E-state index in [0.29, 0.717) is 11.5 Å². The predicted molar refractivity (Wildman–Crippen MR) is 79.6 cm³/mol. The Morgan fingerprint density at radius 1 is 1.21 bits per heavy atom.